The van der Waals surface area contributed by atoms with E-state index in [1.807, 2.05) is 24.3 Å². The van der Waals surface area contributed by atoms with Crippen LogP contribution in [0.1, 0.15) is 23.8 Å². The fourth-order valence-electron chi connectivity index (χ4n) is 3.20. The number of hydrogen-bond donors (Lipinski definition) is 0. The van der Waals surface area contributed by atoms with Crippen molar-refractivity contribution in [2.75, 3.05) is 13.7 Å². The lowest BCUT2D eigenvalue weighted by Gasteiger charge is -2.20. The van der Waals surface area contributed by atoms with Crippen LogP contribution in [-0.4, -0.2) is 30.3 Å². The summed E-state index contributed by atoms with van der Waals surface area (Å²) in [6.07, 6.45) is 1.96. The molecule has 0 aliphatic carbocycles. The van der Waals surface area contributed by atoms with Gasteiger partial charge in [-0.3, -0.25) is 4.79 Å². The minimum atomic E-state index is -0.880. The zero-order valence-electron chi connectivity index (χ0n) is 16.0. The lowest BCUT2D eigenvalue weighted by atomic mass is 10.0. The van der Waals surface area contributed by atoms with E-state index in [0.29, 0.717) is 29.7 Å². The maximum Gasteiger partial charge on any atom is 0.281 e. The number of ether oxygens (including phenoxy) is 2. The van der Waals surface area contributed by atoms with Gasteiger partial charge in [-0.15, -0.1) is 0 Å². The van der Waals surface area contributed by atoms with Crippen LogP contribution in [0.2, 0.25) is 0 Å². The molecule has 2 aromatic carbocycles. The van der Waals surface area contributed by atoms with Crippen molar-refractivity contribution in [3.05, 3.63) is 83.8 Å². The lowest BCUT2D eigenvalue weighted by Crippen LogP contribution is -2.31. The predicted octanol–water partition coefficient (Wildman–Crippen LogP) is 4.32. The van der Waals surface area contributed by atoms with Crippen LogP contribution in [0.5, 0.6) is 11.5 Å². The highest BCUT2D eigenvalue weighted by Gasteiger charge is 2.35. The van der Waals surface area contributed by atoms with Crippen LogP contribution in [-0.2, 0) is 4.79 Å². The molecular weight excluding hydrogens is 394 g/mol. The second-order valence-corrected chi connectivity index (χ2v) is 6.61. The highest BCUT2D eigenvalue weighted by molar-refractivity contribution is 6.03. The van der Waals surface area contributed by atoms with Crippen LogP contribution in [0, 0.1) is 11.6 Å². The van der Waals surface area contributed by atoms with E-state index in [2.05, 4.69) is 5.10 Å². The Kier molecular flexibility index (Phi) is 5.47. The van der Waals surface area contributed by atoms with E-state index in [1.165, 1.54) is 11.3 Å². The summed E-state index contributed by atoms with van der Waals surface area (Å²) in [5.41, 5.74) is 1.54. The molecule has 1 atom stereocenters. The number of hydrogen-bond acceptors (Lipinski definition) is 5. The third kappa shape index (κ3) is 4.03. The van der Waals surface area contributed by atoms with Gasteiger partial charge >= 0.3 is 0 Å². The molecule has 0 spiro atoms. The van der Waals surface area contributed by atoms with E-state index in [-0.39, 0.29) is 5.75 Å². The average Bonchev–Trinajstić information content (AvgIpc) is 3.43. The number of amides is 1. The Morgan fingerprint density at radius 3 is 2.67 bits per heavy atom. The van der Waals surface area contributed by atoms with Gasteiger partial charge in [0.05, 0.1) is 19.1 Å². The summed E-state index contributed by atoms with van der Waals surface area (Å²) in [4.78, 5) is 12.8. The molecule has 1 aliphatic heterocycles. The van der Waals surface area contributed by atoms with Gasteiger partial charge in [0.25, 0.3) is 5.91 Å². The van der Waals surface area contributed by atoms with Crippen molar-refractivity contribution in [2.24, 2.45) is 5.10 Å². The van der Waals surface area contributed by atoms with E-state index >= 15 is 0 Å². The summed E-state index contributed by atoms with van der Waals surface area (Å²) in [7, 11) is 1.58. The Labute approximate surface area is 171 Å². The van der Waals surface area contributed by atoms with Crippen LogP contribution in [0.25, 0.3) is 0 Å². The van der Waals surface area contributed by atoms with Gasteiger partial charge in [-0.2, -0.15) is 5.10 Å². The molecule has 3 aromatic rings. The molecule has 0 N–H and O–H groups in total. The molecule has 8 heteroatoms. The molecule has 1 aliphatic rings. The Hall–Kier alpha value is -3.68. The zero-order valence-corrected chi connectivity index (χ0v) is 16.0. The van der Waals surface area contributed by atoms with E-state index < -0.39 is 30.2 Å². The molecule has 0 saturated heterocycles. The fraction of sp³-hybridized carbons (Fsp3) is 0.182. The summed E-state index contributed by atoms with van der Waals surface area (Å²) >= 11 is 0. The molecule has 1 aromatic heterocycles. The van der Waals surface area contributed by atoms with Crippen molar-refractivity contribution in [3.63, 3.8) is 0 Å². The Balaban J connectivity index is 1.55. The van der Waals surface area contributed by atoms with Crippen LogP contribution in [0.3, 0.4) is 0 Å². The smallest absolute Gasteiger partial charge is 0.281 e. The summed E-state index contributed by atoms with van der Waals surface area (Å²) < 4.78 is 42.7. The normalized spacial score (nSPS) is 15.8. The minimum Gasteiger partial charge on any atom is -0.497 e. The number of carbonyl (C=O) groups is 1. The zero-order chi connectivity index (χ0) is 21.1. The number of rotatable bonds is 6. The molecule has 1 unspecified atom stereocenters. The molecule has 2 heterocycles. The summed E-state index contributed by atoms with van der Waals surface area (Å²) in [5.74, 6) is -1.01. The number of benzene rings is 2. The maximum absolute atomic E-state index is 13.8. The van der Waals surface area contributed by atoms with Crippen LogP contribution < -0.4 is 9.47 Å². The summed E-state index contributed by atoms with van der Waals surface area (Å²) in [6, 6.07) is 13.3. The van der Waals surface area contributed by atoms with Crippen molar-refractivity contribution in [1.29, 1.82) is 0 Å². The number of nitrogens with zero attached hydrogens (tertiary/aromatic N) is 2. The van der Waals surface area contributed by atoms with E-state index in [1.54, 1.807) is 19.2 Å². The third-order valence-electron chi connectivity index (χ3n) is 4.71. The second kappa shape index (κ2) is 8.36. The number of carbonyl (C=O) groups excluding carboxylic acids is 1. The first-order chi connectivity index (χ1) is 14.5. The SMILES string of the molecule is COc1ccc(C2=NN(C(=O)COc3ccc(F)cc3F)C(c3ccco3)C2)cc1. The monoisotopic (exact) mass is 412 g/mol. The van der Waals surface area contributed by atoms with Crippen molar-refractivity contribution in [3.8, 4) is 11.5 Å². The first kappa shape index (κ1) is 19.6. The maximum atomic E-state index is 13.8. The van der Waals surface area contributed by atoms with Crippen LogP contribution >= 0.6 is 0 Å². The molecule has 154 valence electrons. The molecule has 0 bridgehead atoms. The van der Waals surface area contributed by atoms with Crippen molar-refractivity contribution in [1.82, 2.24) is 5.01 Å². The second-order valence-electron chi connectivity index (χ2n) is 6.61. The number of furan rings is 1. The van der Waals surface area contributed by atoms with E-state index in [4.69, 9.17) is 13.9 Å². The Morgan fingerprint density at radius 1 is 1.20 bits per heavy atom. The molecular formula is C22H18F2N2O4. The first-order valence-corrected chi connectivity index (χ1v) is 9.20. The minimum absolute atomic E-state index is 0.210. The predicted molar refractivity (Wildman–Crippen MR) is 104 cm³/mol. The summed E-state index contributed by atoms with van der Waals surface area (Å²) in [5, 5.41) is 5.74. The van der Waals surface area contributed by atoms with Gasteiger partial charge in [-0.25, -0.2) is 13.8 Å². The largest absolute Gasteiger partial charge is 0.497 e. The van der Waals surface area contributed by atoms with Crippen molar-refractivity contribution in [2.45, 2.75) is 12.5 Å². The van der Waals surface area contributed by atoms with Gasteiger partial charge in [0.15, 0.2) is 18.2 Å². The lowest BCUT2D eigenvalue weighted by molar-refractivity contribution is -0.135. The Morgan fingerprint density at radius 2 is 2.00 bits per heavy atom. The van der Waals surface area contributed by atoms with Gasteiger partial charge < -0.3 is 13.9 Å². The molecule has 0 saturated carbocycles. The average molecular weight is 412 g/mol. The van der Waals surface area contributed by atoms with E-state index in [9.17, 15) is 13.6 Å². The summed E-state index contributed by atoms with van der Waals surface area (Å²) in [6.45, 7) is -0.459. The highest BCUT2D eigenvalue weighted by Crippen LogP contribution is 2.33. The molecule has 0 fully saturated rings. The highest BCUT2D eigenvalue weighted by atomic mass is 19.1. The molecule has 0 radical (unpaired) electrons. The molecule has 1 amide bonds. The van der Waals surface area contributed by atoms with Gasteiger partial charge in [0, 0.05) is 12.5 Å². The van der Waals surface area contributed by atoms with Gasteiger partial charge in [0.2, 0.25) is 0 Å². The van der Waals surface area contributed by atoms with Crippen LogP contribution in [0.15, 0.2) is 70.4 Å². The van der Waals surface area contributed by atoms with Gasteiger partial charge in [-0.1, -0.05) is 0 Å². The third-order valence-corrected chi connectivity index (χ3v) is 4.71. The van der Waals surface area contributed by atoms with Crippen molar-refractivity contribution >= 4 is 11.6 Å². The van der Waals surface area contributed by atoms with Crippen molar-refractivity contribution < 1.29 is 27.5 Å². The number of methoxy groups -OCH3 is 1. The topological polar surface area (TPSA) is 64.3 Å². The van der Waals surface area contributed by atoms with Gasteiger partial charge in [-0.05, 0) is 54.1 Å². The van der Waals surface area contributed by atoms with E-state index in [0.717, 1.165) is 17.7 Å². The molecule has 4 rings (SSSR count). The molecule has 6 nitrogen and oxygen atoms in total. The fourth-order valence-corrected chi connectivity index (χ4v) is 3.20. The Bertz CT molecular complexity index is 1070. The number of hydrazone groups is 1. The standard InChI is InChI=1S/C22H18F2N2O4/c1-28-16-7-4-14(5-8-16)18-12-19(21-3-2-10-29-21)26(25-18)22(27)13-30-20-9-6-15(23)11-17(20)24/h2-11,19H,12-13H2,1H3. The molecule has 30 heavy (non-hydrogen) atoms. The van der Waals surface area contributed by atoms with Crippen LogP contribution in [0.4, 0.5) is 8.78 Å². The first-order valence-electron chi connectivity index (χ1n) is 9.20. The number of halogens is 2. The van der Waals surface area contributed by atoms with Gasteiger partial charge in [0.1, 0.15) is 23.4 Å². The quantitative estimate of drug-likeness (QED) is 0.605.